The van der Waals surface area contributed by atoms with Crippen LogP contribution in [0.5, 0.6) is 0 Å². The summed E-state index contributed by atoms with van der Waals surface area (Å²) >= 11 is 0. The molecule has 7 nitrogen and oxygen atoms in total. The Labute approximate surface area is 158 Å². The van der Waals surface area contributed by atoms with Crippen molar-refractivity contribution in [3.8, 4) is 5.82 Å². The Balaban J connectivity index is 1.50. The molecule has 1 fully saturated rings. The first kappa shape index (κ1) is 17.2. The number of aryl methyl sites for hydroxylation is 1. The lowest BCUT2D eigenvalue weighted by atomic mass is 10.2. The quantitative estimate of drug-likeness (QED) is 0.715. The number of anilines is 1. The van der Waals surface area contributed by atoms with E-state index in [0.717, 1.165) is 36.0 Å². The second-order valence-electron chi connectivity index (χ2n) is 6.61. The largest absolute Gasteiger partial charge is 0.365 e. The number of amides is 1. The maximum absolute atomic E-state index is 12.6. The number of rotatable bonds is 3. The lowest BCUT2D eigenvalue weighted by Gasteiger charge is -2.36. The van der Waals surface area contributed by atoms with Gasteiger partial charge in [0.2, 0.25) is 0 Å². The fraction of sp³-hybridized carbons (Fsp3) is 0.300. The van der Waals surface area contributed by atoms with Crippen molar-refractivity contribution in [1.82, 2.24) is 24.6 Å². The minimum Gasteiger partial charge on any atom is -0.365 e. The van der Waals surface area contributed by atoms with Gasteiger partial charge in [-0.25, -0.2) is 9.67 Å². The van der Waals surface area contributed by atoms with Crippen LogP contribution in [0.25, 0.3) is 5.82 Å². The first-order chi connectivity index (χ1) is 13.1. The monoisotopic (exact) mass is 362 g/mol. The van der Waals surface area contributed by atoms with Gasteiger partial charge in [0.1, 0.15) is 5.69 Å². The molecule has 0 spiro atoms. The van der Waals surface area contributed by atoms with E-state index in [-0.39, 0.29) is 5.91 Å². The molecule has 4 heterocycles. The van der Waals surface area contributed by atoms with Crippen LogP contribution in [-0.2, 0) is 0 Å². The highest BCUT2D eigenvalue weighted by molar-refractivity contribution is 5.92. The smallest absolute Gasteiger partial charge is 0.272 e. The number of piperazine rings is 1. The highest BCUT2D eigenvalue weighted by Gasteiger charge is 2.26. The van der Waals surface area contributed by atoms with Crippen LogP contribution in [0.4, 0.5) is 5.69 Å². The van der Waals surface area contributed by atoms with Gasteiger partial charge in [-0.2, -0.15) is 5.10 Å². The topological polar surface area (TPSA) is 67.2 Å². The van der Waals surface area contributed by atoms with E-state index in [9.17, 15) is 4.79 Å². The molecule has 1 saturated heterocycles. The standard InChI is InChI=1S/C20H22N6O/c1-15-19(16(2)26(23-15)18-8-4-6-10-22-18)24-11-13-25(14-12-24)20(27)17-7-3-5-9-21-17/h3-10H,11-14H2,1-2H3. The Hall–Kier alpha value is -3.22. The van der Waals surface area contributed by atoms with E-state index in [1.54, 1.807) is 18.5 Å². The maximum Gasteiger partial charge on any atom is 0.272 e. The molecule has 1 amide bonds. The second kappa shape index (κ2) is 7.19. The highest BCUT2D eigenvalue weighted by atomic mass is 16.2. The van der Waals surface area contributed by atoms with Crippen molar-refractivity contribution in [2.24, 2.45) is 0 Å². The Bertz CT molecular complexity index is 930. The van der Waals surface area contributed by atoms with Gasteiger partial charge < -0.3 is 9.80 Å². The summed E-state index contributed by atoms with van der Waals surface area (Å²) in [5, 5.41) is 4.68. The minimum absolute atomic E-state index is 0.00660. The van der Waals surface area contributed by atoms with E-state index < -0.39 is 0 Å². The van der Waals surface area contributed by atoms with E-state index in [2.05, 4.69) is 26.9 Å². The number of aromatic nitrogens is 4. The van der Waals surface area contributed by atoms with Crippen LogP contribution in [0.1, 0.15) is 21.9 Å². The van der Waals surface area contributed by atoms with E-state index in [4.69, 9.17) is 0 Å². The van der Waals surface area contributed by atoms with Crippen LogP contribution in [-0.4, -0.2) is 56.7 Å². The molecule has 0 unspecified atom stereocenters. The van der Waals surface area contributed by atoms with Gasteiger partial charge >= 0.3 is 0 Å². The van der Waals surface area contributed by atoms with Crippen LogP contribution in [0, 0.1) is 13.8 Å². The molecule has 27 heavy (non-hydrogen) atoms. The van der Waals surface area contributed by atoms with Gasteiger partial charge in [0.25, 0.3) is 5.91 Å². The fourth-order valence-electron chi connectivity index (χ4n) is 3.58. The molecule has 0 bridgehead atoms. The summed E-state index contributed by atoms with van der Waals surface area (Å²) in [4.78, 5) is 25.3. The van der Waals surface area contributed by atoms with Gasteiger partial charge in [-0.15, -0.1) is 0 Å². The van der Waals surface area contributed by atoms with E-state index >= 15 is 0 Å². The van der Waals surface area contributed by atoms with Crippen LogP contribution in [0.3, 0.4) is 0 Å². The maximum atomic E-state index is 12.6. The lowest BCUT2D eigenvalue weighted by Crippen LogP contribution is -2.49. The SMILES string of the molecule is Cc1nn(-c2ccccn2)c(C)c1N1CCN(C(=O)c2ccccn2)CC1. The van der Waals surface area contributed by atoms with Gasteiger partial charge in [-0.1, -0.05) is 12.1 Å². The number of pyridine rings is 2. The summed E-state index contributed by atoms with van der Waals surface area (Å²) < 4.78 is 1.89. The van der Waals surface area contributed by atoms with E-state index in [1.165, 1.54) is 0 Å². The summed E-state index contributed by atoms with van der Waals surface area (Å²) in [5.41, 5.74) is 3.67. The van der Waals surface area contributed by atoms with Crippen molar-refractivity contribution in [2.45, 2.75) is 13.8 Å². The Morgan fingerprint density at radius 3 is 2.26 bits per heavy atom. The fourth-order valence-corrected chi connectivity index (χ4v) is 3.58. The summed E-state index contributed by atoms with van der Waals surface area (Å²) in [5.74, 6) is 0.807. The summed E-state index contributed by atoms with van der Waals surface area (Å²) in [6, 6.07) is 11.2. The first-order valence-electron chi connectivity index (χ1n) is 9.08. The van der Waals surface area contributed by atoms with Gasteiger partial charge in [-0.05, 0) is 38.1 Å². The number of hydrogen-bond acceptors (Lipinski definition) is 5. The van der Waals surface area contributed by atoms with Crippen molar-refractivity contribution in [2.75, 3.05) is 31.1 Å². The van der Waals surface area contributed by atoms with Crippen molar-refractivity contribution < 1.29 is 4.79 Å². The van der Waals surface area contributed by atoms with Crippen molar-refractivity contribution >= 4 is 11.6 Å². The van der Waals surface area contributed by atoms with Crippen molar-refractivity contribution in [3.05, 3.63) is 65.9 Å². The molecule has 3 aromatic heterocycles. The molecule has 0 saturated carbocycles. The zero-order valence-electron chi connectivity index (χ0n) is 15.5. The number of carbonyl (C=O) groups excluding carboxylic acids is 1. The summed E-state index contributed by atoms with van der Waals surface area (Å²) in [6.07, 6.45) is 3.43. The van der Waals surface area contributed by atoms with Gasteiger partial charge in [0, 0.05) is 38.6 Å². The van der Waals surface area contributed by atoms with Crippen LogP contribution in [0.15, 0.2) is 48.8 Å². The van der Waals surface area contributed by atoms with Crippen molar-refractivity contribution in [3.63, 3.8) is 0 Å². The first-order valence-corrected chi connectivity index (χ1v) is 9.08. The molecule has 4 rings (SSSR count). The minimum atomic E-state index is -0.00660. The van der Waals surface area contributed by atoms with E-state index in [0.29, 0.717) is 18.8 Å². The zero-order valence-corrected chi connectivity index (χ0v) is 15.5. The normalized spacial score (nSPS) is 14.4. The highest BCUT2D eigenvalue weighted by Crippen LogP contribution is 2.27. The van der Waals surface area contributed by atoms with Crippen LogP contribution < -0.4 is 4.90 Å². The summed E-state index contributed by atoms with van der Waals surface area (Å²) in [7, 11) is 0. The molecule has 0 N–H and O–H groups in total. The van der Waals surface area contributed by atoms with Gasteiger partial charge in [0.05, 0.1) is 17.1 Å². The third-order valence-electron chi connectivity index (χ3n) is 4.89. The molecule has 0 aliphatic carbocycles. The predicted molar refractivity (Wildman–Crippen MR) is 103 cm³/mol. The van der Waals surface area contributed by atoms with Gasteiger partial charge in [0.15, 0.2) is 5.82 Å². The number of carbonyl (C=O) groups is 1. The predicted octanol–water partition coefficient (Wildman–Crippen LogP) is 2.24. The third kappa shape index (κ3) is 3.28. The molecule has 0 aromatic carbocycles. The average Bonchev–Trinajstić information content (AvgIpc) is 3.03. The second-order valence-corrected chi connectivity index (χ2v) is 6.61. The summed E-state index contributed by atoms with van der Waals surface area (Å²) in [6.45, 7) is 6.97. The van der Waals surface area contributed by atoms with Gasteiger partial charge in [-0.3, -0.25) is 9.78 Å². The molecule has 138 valence electrons. The Morgan fingerprint density at radius 1 is 0.926 bits per heavy atom. The number of hydrogen-bond donors (Lipinski definition) is 0. The average molecular weight is 362 g/mol. The third-order valence-corrected chi connectivity index (χ3v) is 4.89. The zero-order chi connectivity index (χ0) is 18.8. The molecular weight excluding hydrogens is 340 g/mol. The molecular formula is C20H22N6O. The molecule has 0 radical (unpaired) electrons. The molecule has 0 atom stereocenters. The lowest BCUT2D eigenvalue weighted by molar-refractivity contribution is 0.0741. The number of nitrogens with zero attached hydrogens (tertiary/aromatic N) is 6. The Kier molecular flexibility index (Phi) is 4.58. The van der Waals surface area contributed by atoms with E-state index in [1.807, 2.05) is 46.8 Å². The van der Waals surface area contributed by atoms with Crippen molar-refractivity contribution in [1.29, 1.82) is 0 Å². The molecule has 3 aromatic rings. The molecule has 7 heteroatoms. The molecule has 1 aliphatic heterocycles. The van der Waals surface area contributed by atoms with Crippen LogP contribution >= 0.6 is 0 Å². The van der Waals surface area contributed by atoms with Crippen LogP contribution in [0.2, 0.25) is 0 Å². The molecule has 1 aliphatic rings. The Morgan fingerprint density at radius 2 is 1.63 bits per heavy atom.